The zero-order chi connectivity index (χ0) is 15.5. The maximum atomic E-state index is 12.0. The van der Waals surface area contributed by atoms with Gasteiger partial charge in [0.15, 0.2) is 5.69 Å². The average Bonchev–Trinajstić information content (AvgIpc) is 2.84. The number of amides is 1. The van der Waals surface area contributed by atoms with Crippen LogP contribution in [0.25, 0.3) is 0 Å². The van der Waals surface area contributed by atoms with Gasteiger partial charge in [-0.05, 0) is 5.92 Å². The molecule has 20 heavy (non-hydrogen) atoms. The van der Waals surface area contributed by atoms with Crippen molar-refractivity contribution >= 4 is 5.91 Å². The molecule has 1 amide bonds. The lowest BCUT2D eigenvalue weighted by atomic mass is 9.80. The van der Waals surface area contributed by atoms with Crippen LogP contribution in [0.15, 0.2) is 10.6 Å². The van der Waals surface area contributed by atoms with Gasteiger partial charge in [-0.1, -0.05) is 46.7 Å². The van der Waals surface area contributed by atoms with Crippen LogP contribution in [-0.4, -0.2) is 28.8 Å². The second kappa shape index (κ2) is 6.39. The van der Waals surface area contributed by atoms with Crippen molar-refractivity contribution < 1.29 is 14.4 Å². The van der Waals surface area contributed by atoms with Gasteiger partial charge < -0.3 is 14.9 Å². The molecule has 1 heterocycles. The van der Waals surface area contributed by atoms with Crippen molar-refractivity contribution in [3.05, 3.63) is 17.5 Å². The fraction of sp³-hybridized carbons (Fsp3) is 0.733. The number of rotatable bonds is 6. The summed E-state index contributed by atoms with van der Waals surface area (Å²) in [6, 6.07) is 1.66. The van der Waals surface area contributed by atoms with Crippen molar-refractivity contribution in [3.8, 4) is 0 Å². The highest BCUT2D eigenvalue weighted by Gasteiger charge is 2.31. The fourth-order valence-corrected chi connectivity index (χ4v) is 2.07. The van der Waals surface area contributed by atoms with Crippen LogP contribution in [0, 0.1) is 11.3 Å². The molecule has 1 aromatic heterocycles. The van der Waals surface area contributed by atoms with Gasteiger partial charge in [0.1, 0.15) is 5.76 Å². The van der Waals surface area contributed by atoms with Crippen LogP contribution < -0.4 is 5.32 Å². The van der Waals surface area contributed by atoms with E-state index < -0.39 is 11.5 Å². The number of aliphatic hydroxyl groups is 1. The molecule has 0 aliphatic rings. The van der Waals surface area contributed by atoms with Gasteiger partial charge in [0.05, 0.1) is 6.10 Å². The molecule has 1 aromatic rings. The third kappa shape index (κ3) is 4.07. The molecule has 0 spiro atoms. The van der Waals surface area contributed by atoms with Gasteiger partial charge in [-0.15, -0.1) is 0 Å². The van der Waals surface area contributed by atoms with Crippen LogP contribution in [0.3, 0.4) is 0 Å². The maximum absolute atomic E-state index is 12.0. The number of aliphatic hydroxyl groups excluding tert-OH is 1. The average molecular weight is 282 g/mol. The standard InChI is InChI=1S/C15H26N2O3/c1-9(2)12-7-11(17-20-12)14(19)16-8-15(5,6)13(18)10(3)4/h7,9-10,13,18H,8H2,1-6H3,(H,16,19). The number of carbonyl (C=O) groups is 1. The molecule has 2 N–H and O–H groups in total. The summed E-state index contributed by atoms with van der Waals surface area (Å²) in [5, 5.41) is 16.7. The molecular weight excluding hydrogens is 256 g/mol. The van der Waals surface area contributed by atoms with Crippen LogP contribution in [-0.2, 0) is 0 Å². The Morgan fingerprint density at radius 3 is 2.45 bits per heavy atom. The minimum atomic E-state index is -0.480. The van der Waals surface area contributed by atoms with Gasteiger partial charge in [0.2, 0.25) is 0 Å². The number of carbonyl (C=O) groups excluding carboxylic acids is 1. The smallest absolute Gasteiger partial charge is 0.273 e. The molecule has 0 saturated heterocycles. The summed E-state index contributed by atoms with van der Waals surface area (Å²) in [6.07, 6.45) is -0.480. The Morgan fingerprint density at radius 2 is 2.00 bits per heavy atom. The SMILES string of the molecule is CC(C)c1cc(C(=O)NCC(C)(C)C(O)C(C)C)no1. The van der Waals surface area contributed by atoms with Crippen molar-refractivity contribution in [2.75, 3.05) is 6.54 Å². The lowest BCUT2D eigenvalue weighted by Crippen LogP contribution is -2.43. The second-order valence-corrected chi connectivity index (χ2v) is 6.63. The van der Waals surface area contributed by atoms with Crippen molar-refractivity contribution in [3.63, 3.8) is 0 Å². The summed E-state index contributed by atoms with van der Waals surface area (Å²) in [7, 11) is 0. The fourth-order valence-electron chi connectivity index (χ4n) is 2.07. The number of nitrogens with zero attached hydrogens (tertiary/aromatic N) is 1. The normalized spacial score (nSPS) is 13.8. The third-order valence-electron chi connectivity index (χ3n) is 3.47. The van der Waals surface area contributed by atoms with Gasteiger partial charge in [0, 0.05) is 23.9 Å². The lowest BCUT2D eigenvalue weighted by Gasteiger charge is -2.33. The zero-order valence-corrected chi connectivity index (χ0v) is 13.2. The van der Waals surface area contributed by atoms with E-state index >= 15 is 0 Å². The highest BCUT2D eigenvalue weighted by Crippen LogP contribution is 2.25. The van der Waals surface area contributed by atoms with E-state index in [1.165, 1.54) is 0 Å². The van der Waals surface area contributed by atoms with E-state index in [0.29, 0.717) is 12.3 Å². The second-order valence-electron chi connectivity index (χ2n) is 6.63. The molecule has 0 saturated carbocycles. The summed E-state index contributed by atoms with van der Waals surface area (Å²) in [5.74, 6) is 0.756. The van der Waals surface area contributed by atoms with Crippen LogP contribution in [0.4, 0.5) is 0 Å². The molecule has 1 rings (SSSR count). The van der Waals surface area contributed by atoms with Crippen molar-refractivity contribution in [2.45, 2.75) is 53.6 Å². The Kier molecular flexibility index (Phi) is 5.34. The van der Waals surface area contributed by atoms with Crippen molar-refractivity contribution in [2.24, 2.45) is 11.3 Å². The lowest BCUT2D eigenvalue weighted by molar-refractivity contribution is 0.0137. The van der Waals surface area contributed by atoms with E-state index in [1.54, 1.807) is 6.07 Å². The Hall–Kier alpha value is -1.36. The van der Waals surface area contributed by atoms with E-state index in [1.807, 2.05) is 41.5 Å². The molecule has 0 aliphatic heterocycles. The Morgan fingerprint density at radius 1 is 1.40 bits per heavy atom. The van der Waals surface area contributed by atoms with E-state index in [2.05, 4.69) is 10.5 Å². The van der Waals surface area contributed by atoms with Crippen LogP contribution in [0.2, 0.25) is 0 Å². The summed E-state index contributed by atoms with van der Waals surface area (Å²) in [6.45, 7) is 12.1. The minimum absolute atomic E-state index is 0.140. The van der Waals surface area contributed by atoms with Gasteiger partial charge in [-0.3, -0.25) is 4.79 Å². The first-order valence-electron chi connectivity index (χ1n) is 7.08. The molecule has 5 nitrogen and oxygen atoms in total. The minimum Gasteiger partial charge on any atom is -0.392 e. The molecule has 0 fully saturated rings. The molecule has 0 radical (unpaired) electrons. The Balaban J connectivity index is 2.62. The largest absolute Gasteiger partial charge is 0.392 e. The first kappa shape index (κ1) is 16.7. The van der Waals surface area contributed by atoms with Crippen LogP contribution in [0.1, 0.15) is 63.7 Å². The first-order valence-corrected chi connectivity index (χ1v) is 7.08. The Bertz CT molecular complexity index is 450. The zero-order valence-electron chi connectivity index (χ0n) is 13.2. The highest BCUT2D eigenvalue weighted by molar-refractivity contribution is 5.92. The van der Waals surface area contributed by atoms with Gasteiger partial charge in [-0.25, -0.2) is 0 Å². The van der Waals surface area contributed by atoms with Crippen LogP contribution >= 0.6 is 0 Å². The topological polar surface area (TPSA) is 75.4 Å². The molecule has 114 valence electrons. The highest BCUT2D eigenvalue weighted by atomic mass is 16.5. The molecule has 0 bridgehead atoms. The third-order valence-corrected chi connectivity index (χ3v) is 3.47. The summed E-state index contributed by atoms with van der Waals surface area (Å²) >= 11 is 0. The molecule has 1 unspecified atom stereocenters. The molecule has 5 heteroatoms. The van der Waals surface area contributed by atoms with Crippen LogP contribution in [0.5, 0.6) is 0 Å². The molecule has 1 atom stereocenters. The van der Waals surface area contributed by atoms with Gasteiger partial charge in [-0.2, -0.15) is 0 Å². The van der Waals surface area contributed by atoms with Crippen molar-refractivity contribution in [1.29, 1.82) is 0 Å². The van der Waals surface area contributed by atoms with Gasteiger partial charge >= 0.3 is 0 Å². The predicted molar refractivity (Wildman–Crippen MR) is 77.6 cm³/mol. The summed E-state index contributed by atoms with van der Waals surface area (Å²) in [5.41, 5.74) is -0.113. The monoisotopic (exact) mass is 282 g/mol. The summed E-state index contributed by atoms with van der Waals surface area (Å²) in [4.78, 5) is 12.0. The maximum Gasteiger partial charge on any atom is 0.273 e. The van der Waals surface area contributed by atoms with E-state index in [9.17, 15) is 9.90 Å². The molecular formula is C15H26N2O3. The number of hydrogen-bond donors (Lipinski definition) is 2. The number of nitrogens with one attached hydrogen (secondary N) is 1. The number of hydrogen-bond acceptors (Lipinski definition) is 4. The number of aromatic nitrogens is 1. The first-order chi connectivity index (χ1) is 9.15. The van der Waals surface area contributed by atoms with E-state index in [-0.39, 0.29) is 23.4 Å². The quantitative estimate of drug-likeness (QED) is 0.841. The molecule has 0 aromatic carbocycles. The Labute approximate surface area is 120 Å². The van der Waals surface area contributed by atoms with Crippen molar-refractivity contribution in [1.82, 2.24) is 10.5 Å². The van der Waals surface area contributed by atoms with E-state index in [4.69, 9.17) is 4.52 Å². The van der Waals surface area contributed by atoms with Gasteiger partial charge in [0.25, 0.3) is 5.91 Å². The van der Waals surface area contributed by atoms with E-state index in [0.717, 1.165) is 0 Å². The molecule has 0 aliphatic carbocycles. The predicted octanol–water partition coefficient (Wildman–Crippen LogP) is 2.57. The summed E-state index contributed by atoms with van der Waals surface area (Å²) < 4.78 is 5.10.